The molecule has 0 spiro atoms. The van der Waals surface area contributed by atoms with Crippen LogP contribution in [-0.4, -0.2) is 22.3 Å². The van der Waals surface area contributed by atoms with Crippen molar-refractivity contribution in [3.8, 4) is 0 Å². The number of hydrogen-bond donors (Lipinski definition) is 2. The van der Waals surface area contributed by atoms with Gasteiger partial charge in [0, 0.05) is 6.54 Å². The van der Waals surface area contributed by atoms with Crippen molar-refractivity contribution < 1.29 is 4.84 Å². The minimum atomic E-state index is -0.136. The van der Waals surface area contributed by atoms with Gasteiger partial charge in [0.05, 0.1) is 18.1 Å². The minimum Gasteiger partial charge on any atom is -0.328 e. The van der Waals surface area contributed by atoms with Crippen LogP contribution in [-0.2, 0) is 4.84 Å². The van der Waals surface area contributed by atoms with Gasteiger partial charge in [-0.25, -0.2) is 0 Å². The molecule has 0 bridgehead atoms. The van der Waals surface area contributed by atoms with E-state index in [2.05, 4.69) is 15.7 Å². The maximum Gasteiger partial charge on any atom is 0.108 e. The van der Waals surface area contributed by atoms with E-state index in [0.717, 1.165) is 18.5 Å². The first kappa shape index (κ1) is 8.40. The number of rotatable bonds is 4. The van der Waals surface area contributed by atoms with E-state index in [9.17, 15) is 0 Å². The van der Waals surface area contributed by atoms with E-state index < -0.39 is 0 Å². The van der Waals surface area contributed by atoms with Crippen molar-refractivity contribution in [1.29, 1.82) is 0 Å². The van der Waals surface area contributed by atoms with Gasteiger partial charge in [-0.3, -0.25) is 10.3 Å². The fourth-order valence-corrected chi connectivity index (χ4v) is 1.01. The Kier molecular flexibility index (Phi) is 2.12. The molecule has 0 radical (unpaired) electrons. The number of anilines is 1. The summed E-state index contributed by atoms with van der Waals surface area (Å²) < 4.78 is 0. The predicted molar refractivity (Wildman–Crippen MR) is 47.8 cm³/mol. The summed E-state index contributed by atoms with van der Waals surface area (Å²) in [4.78, 5) is 5.43. The molecule has 0 aliphatic heterocycles. The maximum atomic E-state index is 5.54. The molecule has 1 saturated carbocycles. The highest BCUT2D eigenvalue weighted by Crippen LogP contribution is 2.38. The zero-order valence-electron chi connectivity index (χ0n) is 7.23. The molecule has 5 heteroatoms. The molecule has 1 aliphatic carbocycles. The van der Waals surface area contributed by atoms with Gasteiger partial charge in [0.15, 0.2) is 0 Å². The van der Waals surface area contributed by atoms with E-state index in [-0.39, 0.29) is 5.60 Å². The fraction of sp³-hybridized carbons (Fsp3) is 0.500. The number of hydrogen-bond acceptors (Lipinski definition) is 5. The molecule has 0 amide bonds. The summed E-state index contributed by atoms with van der Waals surface area (Å²) in [6.45, 7) is 0.554. The van der Waals surface area contributed by atoms with Gasteiger partial charge in [-0.1, -0.05) is 0 Å². The van der Waals surface area contributed by atoms with E-state index >= 15 is 0 Å². The summed E-state index contributed by atoms with van der Waals surface area (Å²) in [5.41, 5.74) is 9.02. The smallest absolute Gasteiger partial charge is 0.108 e. The summed E-state index contributed by atoms with van der Waals surface area (Å²) in [5.74, 6) is 0. The lowest BCUT2D eigenvalue weighted by atomic mass is 10.3. The van der Waals surface area contributed by atoms with Crippen molar-refractivity contribution >= 4 is 5.69 Å². The van der Waals surface area contributed by atoms with E-state index in [0.29, 0.717) is 6.54 Å². The predicted octanol–water partition coefficient (Wildman–Crippen LogP) is 0.311. The highest BCUT2D eigenvalue weighted by Gasteiger charge is 2.43. The van der Waals surface area contributed by atoms with Crippen LogP contribution >= 0.6 is 0 Å². The molecule has 5 nitrogen and oxygen atoms in total. The molecule has 1 fully saturated rings. The second-order valence-electron chi connectivity index (χ2n) is 3.22. The first-order valence-corrected chi connectivity index (χ1v) is 4.25. The second-order valence-corrected chi connectivity index (χ2v) is 3.22. The normalized spacial score (nSPS) is 18.2. The fourth-order valence-electron chi connectivity index (χ4n) is 1.01. The third kappa shape index (κ3) is 1.93. The van der Waals surface area contributed by atoms with E-state index in [1.165, 1.54) is 0 Å². The average Bonchev–Trinajstić information content (AvgIpc) is 2.97. The van der Waals surface area contributed by atoms with Crippen molar-refractivity contribution in [3.05, 3.63) is 18.5 Å². The van der Waals surface area contributed by atoms with Crippen LogP contribution in [0.1, 0.15) is 12.8 Å². The first-order chi connectivity index (χ1) is 6.35. The van der Waals surface area contributed by atoms with Crippen LogP contribution in [0.3, 0.4) is 0 Å². The molecule has 0 aromatic carbocycles. The van der Waals surface area contributed by atoms with Crippen LogP contribution in [0, 0.1) is 0 Å². The molecular weight excluding hydrogens is 168 g/mol. The third-order valence-corrected chi connectivity index (χ3v) is 2.15. The van der Waals surface area contributed by atoms with Gasteiger partial charge < -0.3 is 5.73 Å². The molecule has 0 atom stereocenters. The van der Waals surface area contributed by atoms with Gasteiger partial charge in [-0.15, -0.1) is 0 Å². The van der Waals surface area contributed by atoms with E-state index in [1.54, 1.807) is 18.5 Å². The van der Waals surface area contributed by atoms with Crippen LogP contribution < -0.4 is 11.2 Å². The van der Waals surface area contributed by atoms with Crippen molar-refractivity contribution in [2.24, 2.45) is 5.73 Å². The standard InChI is InChI=1S/C8H12N4O/c9-6-8(2-3-8)13-12-7-1-4-10-11-5-7/h1,4-5H,2-3,6,9H2,(H,10,12). The van der Waals surface area contributed by atoms with Gasteiger partial charge in [-0.05, 0) is 18.9 Å². The lowest BCUT2D eigenvalue weighted by Gasteiger charge is -2.14. The quantitative estimate of drug-likeness (QED) is 0.652. The third-order valence-electron chi connectivity index (χ3n) is 2.15. The summed E-state index contributed by atoms with van der Waals surface area (Å²) in [6.07, 6.45) is 5.25. The number of aromatic nitrogens is 2. The lowest BCUT2D eigenvalue weighted by Crippen LogP contribution is -2.28. The SMILES string of the molecule is NCC1(ONc2ccnnc2)CC1. The Morgan fingerprint density at radius 2 is 2.38 bits per heavy atom. The Hall–Kier alpha value is -1.20. The minimum absolute atomic E-state index is 0.136. The summed E-state index contributed by atoms with van der Waals surface area (Å²) in [7, 11) is 0. The monoisotopic (exact) mass is 180 g/mol. The van der Waals surface area contributed by atoms with Crippen LogP contribution in [0.25, 0.3) is 0 Å². The van der Waals surface area contributed by atoms with E-state index in [1.807, 2.05) is 0 Å². The Bertz CT molecular complexity index is 273. The van der Waals surface area contributed by atoms with Crippen molar-refractivity contribution in [1.82, 2.24) is 10.2 Å². The van der Waals surface area contributed by atoms with Gasteiger partial charge >= 0.3 is 0 Å². The Morgan fingerprint density at radius 1 is 1.54 bits per heavy atom. The molecule has 1 aromatic heterocycles. The van der Waals surface area contributed by atoms with Crippen molar-refractivity contribution in [2.45, 2.75) is 18.4 Å². The molecule has 1 heterocycles. The molecular formula is C8H12N4O. The van der Waals surface area contributed by atoms with Gasteiger partial charge in [0.25, 0.3) is 0 Å². The highest BCUT2D eigenvalue weighted by molar-refractivity contribution is 5.36. The molecule has 1 aromatic rings. The summed E-state index contributed by atoms with van der Waals surface area (Å²) in [6, 6.07) is 1.79. The number of nitrogens with zero attached hydrogens (tertiary/aromatic N) is 2. The molecule has 13 heavy (non-hydrogen) atoms. The van der Waals surface area contributed by atoms with Crippen LogP contribution in [0.2, 0.25) is 0 Å². The largest absolute Gasteiger partial charge is 0.328 e. The first-order valence-electron chi connectivity index (χ1n) is 4.25. The zero-order chi connectivity index (χ0) is 9.15. The van der Waals surface area contributed by atoms with Crippen LogP contribution in [0.15, 0.2) is 18.5 Å². The molecule has 1 aliphatic rings. The highest BCUT2D eigenvalue weighted by atomic mass is 16.7. The molecule has 0 unspecified atom stereocenters. The number of nitrogens with one attached hydrogen (secondary N) is 1. The Morgan fingerprint density at radius 3 is 2.92 bits per heavy atom. The molecule has 0 saturated heterocycles. The van der Waals surface area contributed by atoms with Gasteiger partial charge in [-0.2, -0.15) is 10.2 Å². The average molecular weight is 180 g/mol. The van der Waals surface area contributed by atoms with Crippen LogP contribution in [0.4, 0.5) is 5.69 Å². The maximum absolute atomic E-state index is 5.54. The number of nitrogens with two attached hydrogens (primary N) is 1. The lowest BCUT2D eigenvalue weighted by molar-refractivity contribution is 0.0848. The topological polar surface area (TPSA) is 73.1 Å². The van der Waals surface area contributed by atoms with Crippen molar-refractivity contribution in [2.75, 3.05) is 12.0 Å². The molecule has 3 N–H and O–H groups in total. The molecule has 2 rings (SSSR count). The van der Waals surface area contributed by atoms with Gasteiger partial charge in [0.1, 0.15) is 5.60 Å². The van der Waals surface area contributed by atoms with Crippen LogP contribution in [0.5, 0.6) is 0 Å². The Labute approximate surface area is 76.3 Å². The molecule has 70 valence electrons. The van der Waals surface area contributed by atoms with E-state index in [4.69, 9.17) is 10.6 Å². The summed E-state index contributed by atoms with van der Waals surface area (Å²) >= 11 is 0. The Balaban J connectivity index is 1.86. The zero-order valence-corrected chi connectivity index (χ0v) is 7.23. The second kappa shape index (κ2) is 3.27. The van der Waals surface area contributed by atoms with Gasteiger partial charge in [0.2, 0.25) is 0 Å². The summed E-state index contributed by atoms with van der Waals surface area (Å²) in [5, 5.41) is 7.36. The van der Waals surface area contributed by atoms with Crippen molar-refractivity contribution in [3.63, 3.8) is 0 Å².